The molecule has 6 heteroatoms. The van der Waals surface area contributed by atoms with Gasteiger partial charge in [0.15, 0.2) is 0 Å². The van der Waals surface area contributed by atoms with Gasteiger partial charge in [0.25, 0.3) is 5.91 Å². The number of carbonyl (C=O) groups excluding carboxylic acids is 1. The lowest BCUT2D eigenvalue weighted by atomic mass is 10.0. The van der Waals surface area contributed by atoms with E-state index in [1.807, 2.05) is 20.8 Å². The van der Waals surface area contributed by atoms with Crippen LogP contribution >= 0.6 is 0 Å². The van der Waals surface area contributed by atoms with E-state index in [-0.39, 0.29) is 18.4 Å². The second kappa shape index (κ2) is 7.77. The second-order valence-electron chi connectivity index (χ2n) is 5.91. The molecule has 22 heavy (non-hydrogen) atoms. The molecule has 1 amide bonds. The van der Waals surface area contributed by atoms with E-state index in [4.69, 9.17) is 5.11 Å². The first-order valence-corrected chi connectivity index (χ1v) is 7.43. The molecule has 0 spiro atoms. The van der Waals surface area contributed by atoms with Crippen molar-refractivity contribution >= 4 is 11.9 Å². The number of hydrogen-bond donors (Lipinski definition) is 2. The molecule has 1 aromatic heterocycles. The third-order valence-electron chi connectivity index (χ3n) is 3.42. The van der Waals surface area contributed by atoms with Gasteiger partial charge >= 0.3 is 5.97 Å². The highest BCUT2D eigenvalue weighted by Crippen LogP contribution is 2.15. The summed E-state index contributed by atoms with van der Waals surface area (Å²) in [6, 6.07) is -0.383. The lowest BCUT2D eigenvalue weighted by Gasteiger charge is -2.19. The maximum absolute atomic E-state index is 12.5. The summed E-state index contributed by atoms with van der Waals surface area (Å²) >= 11 is 0. The number of nitrogens with one attached hydrogen (secondary N) is 1. The van der Waals surface area contributed by atoms with Crippen molar-refractivity contribution in [3.63, 3.8) is 0 Å². The Kier molecular flexibility index (Phi) is 6.34. The molecular weight excluding hydrogens is 282 g/mol. The average molecular weight is 307 g/mol. The number of aromatic nitrogens is 2. The van der Waals surface area contributed by atoms with Crippen LogP contribution < -0.4 is 5.32 Å². The molecule has 1 rings (SSSR count). The van der Waals surface area contributed by atoms with E-state index in [1.54, 1.807) is 17.7 Å². The highest BCUT2D eigenvalue weighted by Gasteiger charge is 2.23. The summed E-state index contributed by atoms with van der Waals surface area (Å²) in [7, 11) is 0. The van der Waals surface area contributed by atoms with E-state index < -0.39 is 5.97 Å². The van der Waals surface area contributed by atoms with E-state index in [9.17, 15) is 9.59 Å². The lowest BCUT2D eigenvalue weighted by molar-refractivity contribution is -0.137. The molecule has 0 aromatic carbocycles. The highest BCUT2D eigenvalue weighted by atomic mass is 16.4. The summed E-state index contributed by atoms with van der Waals surface area (Å²) in [6.07, 6.45) is 2.26. The van der Waals surface area contributed by atoms with E-state index in [2.05, 4.69) is 17.0 Å². The smallest absolute Gasteiger partial charge is 0.305 e. The summed E-state index contributed by atoms with van der Waals surface area (Å²) in [5.41, 5.74) is 1.91. The zero-order valence-corrected chi connectivity index (χ0v) is 13.7. The molecule has 1 aromatic rings. The molecule has 0 fully saturated rings. The van der Waals surface area contributed by atoms with Crippen LogP contribution in [0.5, 0.6) is 0 Å². The van der Waals surface area contributed by atoms with Crippen molar-refractivity contribution in [2.24, 2.45) is 5.92 Å². The van der Waals surface area contributed by atoms with E-state index >= 15 is 0 Å². The zero-order valence-electron chi connectivity index (χ0n) is 13.7. The van der Waals surface area contributed by atoms with Gasteiger partial charge in [0.1, 0.15) is 0 Å². The lowest BCUT2D eigenvalue weighted by Crippen LogP contribution is -2.38. The molecule has 0 radical (unpaired) electrons. The van der Waals surface area contributed by atoms with Gasteiger partial charge in [-0.2, -0.15) is 5.10 Å². The molecule has 1 heterocycles. The van der Waals surface area contributed by atoms with Gasteiger partial charge in [-0.05, 0) is 26.2 Å². The van der Waals surface area contributed by atoms with Crippen molar-refractivity contribution in [2.45, 2.75) is 53.1 Å². The monoisotopic (exact) mass is 307 g/mol. The zero-order chi connectivity index (χ0) is 16.9. The Hall–Kier alpha value is -2.11. The summed E-state index contributed by atoms with van der Waals surface area (Å²) in [5, 5.41) is 16.1. The first kappa shape index (κ1) is 17.9. The van der Waals surface area contributed by atoms with Crippen LogP contribution in [-0.4, -0.2) is 32.8 Å². The normalized spacial score (nSPS) is 12.2. The van der Waals surface area contributed by atoms with Crippen molar-refractivity contribution in [1.29, 1.82) is 0 Å². The SMILES string of the molecule is C=CCn1nc(C)c(C(=O)NC(CC(=O)O)CC(C)C)c1C. The molecule has 6 nitrogen and oxygen atoms in total. The van der Waals surface area contributed by atoms with Crippen molar-refractivity contribution in [1.82, 2.24) is 15.1 Å². The molecule has 0 aliphatic carbocycles. The minimum absolute atomic E-state index is 0.0805. The fraction of sp³-hybridized carbons (Fsp3) is 0.562. The van der Waals surface area contributed by atoms with Gasteiger partial charge in [-0.3, -0.25) is 14.3 Å². The first-order chi connectivity index (χ1) is 10.3. The minimum atomic E-state index is -0.915. The Morgan fingerprint density at radius 1 is 1.41 bits per heavy atom. The van der Waals surface area contributed by atoms with Crippen LogP contribution in [0.15, 0.2) is 12.7 Å². The van der Waals surface area contributed by atoms with E-state index in [0.717, 1.165) is 5.69 Å². The molecule has 0 aliphatic heterocycles. The van der Waals surface area contributed by atoms with Crippen molar-refractivity contribution in [3.05, 3.63) is 29.6 Å². The van der Waals surface area contributed by atoms with Gasteiger partial charge < -0.3 is 10.4 Å². The Balaban J connectivity index is 2.94. The summed E-state index contributed by atoms with van der Waals surface area (Å²) in [6.45, 7) is 11.8. The van der Waals surface area contributed by atoms with Gasteiger partial charge in [-0.15, -0.1) is 6.58 Å². The van der Waals surface area contributed by atoms with Gasteiger partial charge in [0, 0.05) is 11.7 Å². The molecule has 1 atom stereocenters. The van der Waals surface area contributed by atoms with Crippen molar-refractivity contribution in [2.75, 3.05) is 0 Å². The Bertz CT molecular complexity index is 561. The summed E-state index contributed by atoms with van der Waals surface area (Å²) < 4.78 is 1.71. The quantitative estimate of drug-likeness (QED) is 0.722. The Morgan fingerprint density at radius 3 is 2.55 bits per heavy atom. The first-order valence-electron chi connectivity index (χ1n) is 7.43. The van der Waals surface area contributed by atoms with Gasteiger partial charge in [0.2, 0.25) is 0 Å². The third kappa shape index (κ3) is 4.72. The molecule has 0 aliphatic rings. The Morgan fingerprint density at radius 2 is 2.05 bits per heavy atom. The molecule has 1 unspecified atom stereocenters. The maximum atomic E-state index is 12.5. The van der Waals surface area contributed by atoms with Crippen LogP contribution in [-0.2, 0) is 11.3 Å². The molecule has 0 bridgehead atoms. The number of carboxylic acid groups (broad SMARTS) is 1. The third-order valence-corrected chi connectivity index (χ3v) is 3.42. The van der Waals surface area contributed by atoms with E-state index in [1.165, 1.54) is 0 Å². The number of allylic oxidation sites excluding steroid dienone is 1. The van der Waals surface area contributed by atoms with Crippen LogP contribution in [0.4, 0.5) is 0 Å². The summed E-state index contributed by atoms with van der Waals surface area (Å²) in [5.74, 6) is -0.880. The summed E-state index contributed by atoms with van der Waals surface area (Å²) in [4.78, 5) is 23.4. The van der Waals surface area contributed by atoms with Crippen molar-refractivity contribution < 1.29 is 14.7 Å². The second-order valence-corrected chi connectivity index (χ2v) is 5.91. The standard InChI is InChI=1S/C16H25N3O3/c1-6-7-19-12(5)15(11(4)18-19)16(22)17-13(8-10(2)3)9-14(20)21/h6,10,13H,1,7-9H2,2-5H3,(H,17,22)(H,20,21). The molecule has 0 saturated carbocycles. The predicted molar refractivity (Wildman–Crippen MR) is 84.9 cm³/mol. The van der Waals surface area contributed by atoms with Crippen LogP contribution in [0.2, 0.25) is 0 Å². The molecular formula is C16H25N3O3. The highest BCUT2D eigenvalue weighted by molar-refractivity contribution is 5.96. The average Bonchev–Trinajstić information content (AvgIpc) is 2.63. The Labute approximate surface area is 131 Å². The molecule has 0 saturated heterocycles. The van der Waals surface area contributed by atoms with Gasteiger partial charge in [-0.1, -0.05) is 19.9 Å². The van der Waals surface area contributed by atoms with Gasteiger partial charge in [-0.25, -0.2) is 0 Å². The fourth-order valence-corrected chi connectivity index (χ4v) is 2.56. The van der Waals surface area contributed by atoms with Crippen LogP contribution in [0.25, 0.3) is 0 Å². The number of aryl methyl sites for hydroxylation is 1. The topological polar surface area (TPSA) is 84.2 Å². The van der Waals surface area contributed by atoms with Crippen LogP contribution in [0, 0.1) is 19.8 Å². The van der Waals surface area contributed by atoms with Crippen LogP contribution in [0.3, 0.4) is 0 Å². The number of rotatable bonds is 8. The number of aliphatic carboxylic acids is 1. The molecule has 122 valence electrons. The van der Waals surface area contributed by atoms with Crippen LogP contribution in [0.1, 0.15) is 48.4 Å². The largest absolute Gasteiger partial charge is 0.481 e. The number of carboxylic acids is 1. The minimum Gasteiger partial charge on any atom is -0.481 e. The molecule has 2 N–H and O–H groups in total. The predicted octanol–water partition coefficient (Wildman–Crippen LogP) is 2.31. The maximum Gasteiger partial charge on any atom is 0.305 e. The van der Waals surface area contributed by atoms with E-state index in [0.29, 0.717) is 30.1 Å². The fourth-order valence-electron chi connectivity index (χ4n) is 2.56. The van der Waals surface area contributed by atoms with Gasteiger partial charge in [0.05, 0.1) is 24.2 Å². The van der Waals surface area contributed by atoms with Crippen molar-refractivity contribution in [3.8, 4) is 0 Å². The number of amides is 1. The number of carbonyl (C=O) groups is 2. The number of nitrogens with zero attached hydrogens (tertiary/aromatic N) is 2. The number of hydrogen-bond acceptors (Lipinski definition) is 3.